The van der Waals surface area contributed by atoms with Gasteiger partial charge in [-0.25, -0.2) is 5.43 Å². The highest BCUT2D eigenvalue weighted by atomic mass is 32.1. The van der Waals surface area contributed by atoms with Crippen LogP contribution in [0.3, 0.4) is 0 Å². The third-order valence-corrected chi connectivity index (χ3v) is 11.9. The number of thiophene rings is 1. The molecule has 55 heavy (non-hydrogen) atoms. The summed E-state index contributed by atoms with van der Waals surface area (Å²) in [7, 11) is 0. The first-order valence-corrected chi connectivity index (χ1v) is 19.5. The fourth-order valence-corrected chi connectivity index (χ4v) is 9.34. The van der Waals surface area contributed by atoms with Crippen molar-refractivity contribution in [3.63, 3.8) is 0 Å². The average molecular weight is 727 g/mol. The Hall–Kier alpha value is -6.50. The molecular formula is C50H38N4S. The Morgan fingerprint density at radius 3 is 1.80 bits per heavy atom. The SMILES string of the molecule is NC(NN(Cc1ccccc1)c1ccc(-n2c3ccccc3c3ccc(-c4cccc5c4sc4c(-c6ccccc6)cccc45)cc32)cc1)c1ccccc1. The summed E-state index contributed by atoms with van der Waals surface area (Å²) in [5.74, 6) is 0. The van der Waals surface area contributed by atoms with E-state index in [2.05, 4.69) is 185 Å². The zero-order chi connectivity index (χ0) is 36.7. The lowest BCUT2D eigenvalue weighted by molar-refractivity contribution is 0.514. The van der Waals surface area contributed by atoms with Crippen molar-refractivity contribution in [1.82, 2.24) is 9.99 Å². The maximum absolute atomic E-state index is 6.71. The molecule has 5 heteroatoms. The Morgan fingerprint density at radius 1 is 0.509 bits per heavy atom. The zero-order valence-electron chi connectivity index (χ0n) is 30.1. The molecule has 0 aliphatic heterocycles. The van der Waals surface area contributed by atoms with Gasteiger partial charge in [0.2, 0.25) is 0 Å². The van der Waals surface area contributed by atoms with Crippen LogP contribution < -0.4 is 16.2 Å². The summed E-state index contributed by atoms with van der Waals surface area (Å²) < 4.78 is 5.04. The van der Waals surface area contributed by atoms with E-state index in [0.717, 1.165) is 16.9 Å². The predicted octanol–water partition coefficient (Wildman–Crippen LogP) is 12.7. The maximum atomic E-state index is 6.71. The summed E-state index contributed by atoms with van der Waals surface area (Å²) in [4.78, 5) is 0. The number of para-hydroxylation sites is 1. The summed E-state index contributed by atoms with van der Waals surface area (Å²) in [5.41, 5.74) is 22.0. The number of anilines is 1. The second-order valence-electron chi connectivity index (χ2n) is 14.0. The van der Waals surface area contributed by atoms with E-state index in [-0.39, 0.29) is 6.17 Å². The van der Waals surface area contributed by atoms with Gasteiger partial charge in [0.15, 0.2) is 0 Å². The molecule has 0 amide bonds. The first-order valence-electron chi connectivity index (χ1n) is 18.7. The molecule has 0 saturated heterocycles. The van der Waals surface area contributed by atoms with E-state index in [9.17, 15) is 0 Å². The minimum Gasteiger partial charge on any atom is -0.311 e. The Kier molecular flexibility index (Phi) is 8.45. The van der Waals surface area contributed by atoms with E-state index in [1.807, 2.05) is 35.6 Å². The van der Waals surface area contributed by atoms with E-state index in [1.54, 1.807) is 0 Å². The Morgan fingerprint density at radius 2 is 1.09 bits per heavy atom. The van der Waals surface area contributed by atoms with Crippen molar-refractivity contribution in [2.45, 2.75) is 12.7 Å². The van der Waals surface area contributed by atoms with Crippen molar-refractivity contribution >= 4 is 59.0 Å². The molecule has 0 aliphatic carbocycles. The fourth-order valence-electron chi connectivity index (χ4n) is 7.97. The summed E-state index contributed by atoms with van der Waals surface area (Å²) in [5, 5.41) is 7.22. The predicted molar refractivity (Wildman–Crippen MR) is 234 cm³/mol. The molecule has 0 spiro atoms. The summed E-state index contributed by atoms with van der Waals surface area (Å²) in [6.07, 6.45) is -0.365. The van der Waals surface area contributed by atoms with Gasteiger partial charge in [0.05, 0.1) is 29.4 Å². The zero-order valence-corrected chi connectivity index (χ0v) is 31.0. The van der Waals surface area contributed by atoms with Gasteiger partial charge in [-0.15, -0.1) is 11.3 Å². The maximum Gasteiger partial charge on any atom is 0.0985 e. The largest absolute Gasteiger partial charge is 0.311 e. The van der Waals surface area contributed by atoms with Gasteiger partial charge < -0.3 is 15.3 Å². The van der Waals surface area contributed by atoms with Gasteiger partial charge in [-0.05, 0) is 69.8 Å². The van der Waals surface area contributed by atoms with Crippen molar-refractivity contribution in [3.8, 4) is 27.9 Å². The smallest absolute Gasteiger partial charge is 0.0985 e. The van der Waals surface area contributed by atoms with Crippen LogP contribution in [-0.2, 0) is 6.54 Å². The molecule has 2 aromatic heterocycles. The van der Waals surface area contributed by atoms with Crippen LogP contribution >= 0.6 is 11.3 Å². The molecule has 0 aliphatic rings. The molecule has 0 saturated carbocycles. The van der Waals surface area contributed by atoms with Crippen LogP contribution in [0.4, 0.5) is 5.69 Å². The molecule has 0 fully saturated rings. The number of hydrogen-bond acceptors (Lipinski definition) is 4. The number of aromatic nitrogens is 1. The Labute approximate surface area is 324 Å². The number of hydrogen-bond donors (Lipinski definition) is 2. The molecule has 0 radical (unpaired) electrons. The van der Waals surface area contributed by atoms with E-state index in [0.29, 0.717) is 6.54 Å². The third kappa shape index (κ3) is 6.05. The van der Waals surface area contributed by atoms with Crippen molar-refractivity contribution < 1.29 is 0 Å². The summed E-state index contributed by atoms with van der Waals surface area (Å²) >= 11 is 1.90. The number of hydrazine groups is 1. The molecule has 10 rings (SSSR count). The fraction of sp³-hybridized carbons (Fsp3) is 0.0400. The van der Waals surface area contributed by atoms with Crippen molar-refractivity contribution in [3.05, 3.63) is 205 Å². The minimum absolute atomic E-state index is 0.365. The van der Waals surface area contributed by atoms with Gasteiger partial charge in [0.25, 0.3) is 0 Å². The van der Waals surface area contributed by atoms with Gasteiger partial charge in [-0.3, -0.25) is 0 Å². The molecule has 3 N–H and O–H groups in total. The molecule has 1 unspecified atom stereocenters. The number of nitrogens with two attached hydrogens (primary N) is 1. The van der Waals surface area contributed by atoms with Gasteiger partial charge in [-0.2, -0.15) is 0 Å². The molecular weight excluding hydrogens is 689 g/mol. The molecule has 264 valence electrons. The van der Waals surface area contributed by atoms with Crippen LogP contribution in [0.1, 0.15) is 17.3 Å². The van der Waals surface area contributed by atoms with Gasteiger partial charge in [-0.1, -0.05) is 158 Å². The number of fused-ring (bicyclic) bond motifs is 6. The molecule has 1 atom stereocenters. The highest BCUT2D eigenvalue weighted by Gasteiger charge is 2.18. The van der Waals surface area contributed by atoms with Crippen molar-refractivity contribution in [2.24, 2.45) is 5.73 Å². The van der Waals surface area contributed by atoms with Crippen LogP contribution in [0, 0.1) is 0 Å². The van der Waals surface area contributed by atoms with Gasteiger partial charge in [0, 0.05) is 36.6 Å². The second kappa shape index (κ2) is 14.0. The van der Waals surface area contributed by atoms with Crippen LogP contribution in [0.25, 0.3) is 69.9 Å². The molecule has 4 nitrogen and oxygen atoms in total. The molecule has 0 bridgehead atoms. The number of rotatable bonds is 9. The highest BCUT2D eigenvalue weighted by molar-refractivity contribution is 7.26. The number of nitrogens with zero attached hydrogens (tertiary/aromatic N) is 2. The van der Waals surface area contributed by atoms with Crippen molar-refractivity contribution in [2.75, 3.05) is 5.01 Å². The third-order valence-electron chi connectivity index (χ3n) is 10.7. The lowest BCUT2D eigenvalue weighted by Crippen LogP contribution is -2.43. The summed E-state index contributed by atoms with van der Waals surface area (Å²) in [6.45, 7) is 0.662. The van der Waals surface area contributed by atoms with Crippen LogP contribution in [-0.4, -0.2) is 4.57 Å². The first-order chi connectivity index (χ1) is 27.2. The van der Waals surface area contributed by atoms with E-state index in [1.165, 1.54) is 69.8 Å². The molecule has 10 aromatic rings. The quantitative estimate of drug-likeness (QED) is 0.115. The minimum atomic E-state index is -0.365. The lowest BCUT2D eigenvalue weighted by atomic mass is 9.99. The van der Waals surface area contributed by atoms with Crippen molar-refractivity contribution in [1.29, 1.82) is 0 Å². The van der Waals surface area contributed by atoms with Crippen LogP contribution in [0.5, 0.6) is 0 Å². The van der Waals surface area contributed by atoms with Gasteiger partial charge in [0.1, 0.15) is 0 Å². The van der Waals surface area contributed by atoms with E-state index in [4.69, 9.17) is 5.73 Å². The Balaban J connectivity index is 1.07. The average Bonchev–Trinajstić information content (AvgIpc) is 3.80. The van der Waals surface area contributed by atoms with Gasteiger partial charge >= 0.3 is 0 Å². The van der Waals surface area contributed by atoms with Crippen LogP contribution in [0.2, 0.25) is 0 Å². The van der Waals surface area contributed by atoms with E-state index < -0.39 is 0 Å². The van der Waals surface area contributed by atoms with Crippen LogP contribution in [0.15, 0.2) is 194 Å². The molecule has 2 heterocycles. The Bertz CT molecular complexity index is 2930. The summed E-state index contributed by atoms with van der Waals surface area (Å²) in [6, 6.07) is 69.4. The molecule has 8 aromatic carbocycles. The topological polar surface area (TPSA) is 46.2 Å². The number of benzene rings is 8. The number of nitrogens with one attached hydrogen (secondary N) is 1. The second-order valence-corrected chi connectivity index (χ2v) is 15.0. The standard InChI is InChI=1S/C50H38N4S/c51-50(36-18-8-3-9-19-36)52-53(33-34-14-4-1-5-15-34)38-27-29-39(30-28-38)54-46-25-11-10-20-42(46)43-31-26-37(32-47(43)54)41-22-13-24-45-44-23-12-21-40(48(44)55-49(41)45)35-16-6-2-7-17-35/h1-32,50,52H,33,51H2. The lowest BCUT2D eigenvalue weighted by Gasteiger charge is -2.29. The monoisotopic (exact) mass is 726 g/mol. The first kappa shape index (κ1) is 33.1. The highest BCUT2D eigenvalue weighted by Crippen LogP contribution is 2.44. The normalized spacial score (nSPS) is 12.2. The van der Waals surface area contributed by atoms with E-state index >= 15 is 0 Å².